The van der Waals surface area contributed by atoms with Crippen LogP contribution in [0.4, 0.5) is 0 Å². The van der Waals surface area contributed by atoms with E-state index < -0.39 is 11.6 Å². The Kier molecular flexibility index (Phi) is 3.94. The Morgan fingerprint density at radius 3 is 2.87 bits per heavy atom. The van der Waals surface area contributed by atoms with Crippen LogP contribution < -0.4 is 5.63 Å². The Labute approximate surface area is 134 Å². The first-order chi connectivity index (χ1) is 11.0. The van der Waals surface area contributed by atoms with Crippen LogP contribution in [0.3, 0.4) is 0 Å². The first-order valence-corrected chi connectivity index (χ1v) is 6.81. The molecule has 8 heteroatoms. The van der Waals surface area contributed by atoms with Gasteiger partial charge in [-0.25, -0.2) is 14.6 Å². The molecule has 1 N–H and O–H groups in total. The lowest BCUT2D eigenvalue weighted by Crippen LogP contribution is -2.09. The molecule has 0 aliphatic rings. The number of rotatable bonds is 3. The van der Waals surface area contributed by atoms with E-state index >= 15 is 0 Å². The lowest BCUT2D eigenvalue weighted by molar-refractivity contribution is 0.0466. The van der Waals surface area contributed by atoms with E-state index in [-0.39, 0.29) is 28.7 Å². The Morgan fingerprint density at radius 2 is 2.13 bits per heavy atom. The number of fused-ring (bicyclic) bond motifs is 1. The zero-order valence-corrected chi connectivity index (χ0v) is 12.3. The third-order valence-corrected chi connectivity index (χ3v) is 3.33. The summed E-state index contributed by atoms with van der Waals surface area (Å²) in [5.74, 6) is -0.889. The molecule has 0 aliphatic heterocycles. The number of carbonyl (C=O) groups is 1. The highest BCUT2D eigenvalue weighted by molar-refractivity contribution is 6.32. The van der Waals surface area contributed by atoms with Crippen molar-refractivity contribution in [2.75, 3.05) is 0 Å². The average Bonchev–Trinajstić information content (AvgIpc) is 2.55. The standard InChI is InChI=1S/C15H9ClN2O5/c16-10-4-9-8(3-14(20)23-13(9)5-12(10)19)7-22-15(21)11-6-17-1-2-18-11/h1-6,19H,7H2. The van der Waals surface area contributed by atoms with Gasteiger partial charge in [0.1, 0.15) is 17.9 Å². The van der Waals surface area contributed by atoms with Gasteiger partial charge in [-0.3, -0.25) is 4.98 Å². The highest BCUT2D eigenvalue weighted by atomic mass is 35.5. The fourth-order valence-electron chi connectivity index (χ4n) is 1.98. The number of hydrogen-bond acceptors (Lipinski definition) is 7. The van der Waals surface area contributed by atoms with Crippen LogP contribution in [0.2, 0.25) is 5.02 Å². The maximum atomic E-state index is 11.9. The zero-order chi connectivity index (χ0) is 16.4. The zero-order valence-electron chi connectivity index (χ0n) is 11.5. The first-order valence-electron chi connectivity index (χ1n) is 6.43. The molecule has 2 aromatic heterocycles. The van der Waals surface area contributed by atoms with Crippen molar-refractivity contribution in [3.05, 3.63) is 63.5 Å². The molecule has 0 saturated carbocycles. The van der Waals surface area contributed by atoms with Crippen LogP contribution in [0, 0.1) is 0 Å². The number of hydrogen-bond donors (Lipinski definition) is 1. The summed E-state index contributed by atoms with van der Waals surface area (Å²) in [6.07, 6.45) is 4.07. The fourth-order valence-corrected chi connectivity index (χ4v) is 2.14. The minimum atomic E-state index is -0.677. The van der Waals surface area contributed by atoms with Crippen LogP contribution >= 0.6 is 11.6 Å². The summed E-state index contributed by atoms with van der Waals surface area (Å²) in [7, 11) is 0. The summed E-state index contributed by atoms with van der Waals surface area (Å²) in [5, 5.41) is 10.1. The molecule has 0 aliphatic carbocycles. The molecule has 0 spiro atoms. The van der Waals surface area contributed by atoms with Crippen molar-refractivity contribution in [1.29, 1.82) is 0 Å². The van der Waals surface area contributed by atoms with Gasteiger partial charge in [0.15, 0.2) is 5.69 Å². The van der Waals surface area contributed by atoms with Crippen LogP contribution in [0.1, 0.15) is 16.1 Å². The minimum absolute atomic E-state index is 0.0513. The summed E-state index contributed by atoms with van der Waals surface area (Å²) >= 11 is 5.86. The van der Waals surface area contributed by atoms with Gasteiger partial charge in [-0.15, -0.1) is 0 Å². The molecule has 0 fully saturated rings. The van der Waals surface area contributed by atoms with Crippen molar-refractivity contribution in [2.24, 2.45) is 0 Å². The second-order valence-corrected chi connectivity index (χ2v) is 4.96. The van der Waals surface area contributed by atoms with E-state index in [0.29, 0.717) is 10.9 Å². The molecule has 116 valence electrons. The summed E-state index contributed by atoms with van der Waals surface area (Å²) in [5.41, 5.74) is -0.0411. The van der Waals surface area contributed by atoms with Crippen molar-refractivity contribution < 1.29 is 19.1 Å². The lowest BCUT2D eigenvalue weighted by atomic mass is 10.1. The number of ether oxygens (including phenoxy) is 1. The first kappa shape index (κ1) is 15.0. The van der Waals surface area contributed by atoms with Gasteiger partial charge in [0.25, 0.3) is 0 Å². The van der Waals surface area contributed by atoms with Crippen molar-refractivity contribution in [1.82, 2.24) is 9.97 Å². The van der Waals surface area contributed by atoms with E-state index in [2.05, 4.69) is 9.97 Å². The molecule has 23 heavy (non-hydrogen) atoms. The maximum absolute atomic E-state index is 11.9. The Morgan fingerprint density at radius 1 is 1.30 bits per heavy atom. The number of aromatic hydroxyl groups is 1. The molecule has 3 rings (SSSR count). The molecular formula is C15H9ClN2O5. The van der Waals surface area contributed by atoms with E-state index in [9.17, 15) is 14.7 Å². The highest BCUT2D eigenvalue weighted by Crippen LogP contribution is 2.30. The lowest BCUT2D eigenvalue weighted by Gasteiger charge is -2.07. The topological polar surface area (TPSA) is 103 Å². The number of halogens is 1. The quantitative estimate of drug-likeness (QED) is 0.579. The molecule has 0 bridgehead atoms. The summed E-state index contributed by atoms with van der Waals surface area (Å²) in [4.78, 5) is 31.0. The van der Waals surface area contributed by atoms with Gasteiger partial charge in [-0.2, -0.15) is 0 Å². The number of nitrogens with zero attached hydrogens (tertiary/aromatic N) is 2. The fraction of sp³-hybridized carbons (Fsp3) is 0.0667. The number of esters is 1. The van der Waals surface area contributed by atoms with Crippen molar-refractivity contribution in [2.45, 2.75) is 6.61 Å². The molecule has 3 aromatic rings. The van der Waals surface area contributed by atoms with E-state index in [4.69, 9.17) is 20.8 Å². The molecule has 1 aromatic carbocycles. The van der Waals surface area contributed by atoms with E-state index in [1.54, 1.807) is 0 Å². The SMILES string of the molecule is O=C(OCc1cc(=O)oc2cc(O)c(Cl)cc12)c1cnccn1. The normalized spacial score (nSPS) is 10.7. The number of phenolic OH excluding ortho intramolecular Hbond substituents is 1. The monoisotopic (exact) mass is 332 g/mol. The molecule has 0 unspecified atom stereocenters. The molecule has 0 amide bonds. The Bertz CT molecular complexity index is 940. The third kappa shape index (κ3) is 3.14. The molecule has 0 saturated heterocycles. The Hall–Kier alpha value is -2.93. The maximum Gasteiger partial charge on any atom is 0.358 e. The number of aromatic nitrogens is 2. The molecule has 7 nitrogen and oxygen atoms in total. The van der Waals surface area contributed by atoms with Crippen molar-refractivity contribution in [3.8, 4) is 5.75 Å². The van der Waals surface area contributed by atoms with Gasteiger partial charge in [0.2, 0.25) is 0 Å². The van der Waals surface area contributed by atoms with E-state index in [0.717, 1.165) is 0 Å². The number of phenols is 1. The number of carbonyl (C=O) groups excluding carboxylic acids is 1. The predicted octanol–water partition coefficient (Wildman–Crippen LogP) is 2.30. The van der Waals surface area contributed by atoms with Gasteiger partial charge in [-0.05, 0) is 6.07 Å². The van der Waals surface area contributed by atoms with E-state index in [1.807, 2.05) is 0 Å². The second kappa shape index (κ2) is 6.05. The largest absolute Gasteiger partial charge is 0.506 e. The van der Waals surface area contributed by atoms with Gasteiger partial charge in [0.05, 0.1) is 11.2 Å². The van der Waals surface area contributed by atoms with Gasteiger partial charge in [0, 0.05) is 35.5 Å². The van der Waals surface area contributed by atoms with Crippen LogP contribution in [-0.4, -0.2) is 21.0 Å². The molecule has 0 radical (unpaired) electrons. The van der Waals surface area contributed by atoms with Crippen LogP contribution in [0.25, 0.3) is 11.0 Å². The Balaban J connectivity index is 1.92. The third-order valence-electron chi connectivity index (χ3n) is 3.03. The predicted molar refractivity (Wildman–Crippen MR) is 80.3 cm³/mol. The molecular weight excluding hydrogens is 324 g/mol. The summed E-state index contributed by atoms with van der Waals surface area (Å²) in [6.45, 7) is -0.182. The highest BCUT2D eigenvalue weighted by Gasteiger charge is 2.13. The average molecular weight is 333 g/mol. The minimum Gasteiger partial charge on any atom is -0.506 e. The van der Waals surface area contributed by atoms with E-state index in [1.165, 1.54) is 36.8 Å². The summed E-state index contributed by atoms with van der Waals surface area (Å²) in [6, 6.07) is 3.85. The van der Waals surface area contributed by atoms with Crippen molar-refractivity contribution >= 4 is 28.5 Å². The van der Waals surface area contributed by atoms with Crippen LogP contribution in [-0.2, 0) is 11.3 Å². The van der Waals surface area contributed by atoms with Gasteiger partial charge < -0.3 is 14.3 Å². The van der Waals surface area contributed by atoms with Crippen molar-refractivity contribution in [3.63, 3.8) is 0 Å². The second-order valence-electron chi connectivity index (χ2n) is 4.56. The van der Waals surface area contributed by atoms with Gasteiger partial charge >= 0.3 is 11.6 Å². The van der Waals surface area contributed by atoms with Crippen LogP contribution in [0.5, 0.6) is 5.75 Å². The molecule has 0 atom stereocenters. The smallest absolute Gasteiger partial charge is 0.358 e. The summed E-state index contributed by atoms with van der Waals surface area (Å²) < 4.78 is 10.1. The number of benzene rings is 1. The molecule has 2 heterocycles. The van der Waals surface area contributed by atoms with Gasteiger partial charge in [-0.1, -0.05) is 11.6 Å². The van der Waals surface area contributed by atoms with Crippen LogP contribution in [0.15, 0.2) is 46.0 Å².